The molecule has 0 aromatic carbocycles. The molecule has 1 saturated carbocycles. The summed E-state index contributed by atoms with van der Waals surface area (Å²) in [7, 11) is 0. The van der Waals surface area contributed by atoms with Crippen LogP contribution in [-0.4, -0.2) is 68.8 Å². The summed E-state index contributed by atoms with van der Waals surface area (Å²) in [4.78, 5) is 45.2. The normalized spacial score (nSPS) is 30.9. The molecule has 1 aromatic rings. The summed E-state index contributed by atoms with van der Waals surface area (Å²) in [6.45, 7) is 4.27. The first-order valence-corrected chi connectivity index (χ1v) is 9.82. The van der Waals surface area contributed by atoms with Crippen LogP contribution in [0, 0.1) is 5.41 Å². The van der Waals surface area contributed by atoms with E-state index >= 15 is 0 Å². The number of nitrogens with one attached hydrogen (secondary N) is 1. The van der Waals surface area contributed by atoms with Gasteiger partial charge < -0.3 is 20.2 Å². The van der Waals surface area contributed by atoms with E-state index < -0.39 is 5.91 Å². The number of rotatable bonds is 3. The van der Waals surface area contributed by atoms with E-state index in [0.29, 0.717) is 6.54 Å². The lowest BCUT2D eigenvalue weighted by atomic mass is 9.66. The maximum atomic E-state index is 13.1. The number of carbonyl (C=O) groups excluding carboxylic acids is 3. The van der Waals surface area contributed by atoms with E-state index in [2.05, 4.69) is 17.2 Å². The second-order valence-corrected chi connectivity index (χ2v) is 8.41. The molecular weight excluding hydrogens is 360 g/mol. The first-order chi connectivity index (χ1) is 13.3. The highest BCUT2D eigenvalue weighted by molar-refractivity contribution is 5.96. The molecule has 0 spiro atoms. The summed E-state index contributed by atoms with van der Waals surface area (Å²) in [6, 6.07) is 1.60. The van der Waals surface area contributed by atoms with E-state index in [1.165, 1.54) is 18.5 Å². The van der Waals surface area contributed by atoms with Gasteiger partial charge in [0.15, 0.2) is 0 Å². The van der Waals surface area contributed by atoms with Crippen LogP contribution >= 0.6 is 0 Å². The molecule has 4 atom stereocenters. The van der Waals surface area contributed by atoms with Gasteiger partial charge in [-0.2, -0.15) is 0 Å². The van der Waals surface area contributed by atoms with E-state index in [4.69, 9.17) is 0 Å². The van der Waals surface area contributed by atoms with Crippen LogP contribution in [0.25, 0.3) is 0 Å². The molecule has 2 saturated heterocycles. The molecule has 2 bridgehead atoms. The molecule has 3 fully saturated rings. The van der Waals surface area contributed by atoms with Crippen LogP contribution in [0.2, 0.25) is 0 Å². The minimum absolute atomic E-state index is 0.0000819. The van der Waals surface area contributed by atoms with Crippen LogP contribution in [-0.2, 0) is 9.59 Å². The lowest BCUT2D eigenvalue weighted by Gasteiger charge is -2.49. The van der Waals surface area contributed by atoms with E-state index in [9.17, 15) is 19.5 Å². The Bertz CT molecular complexity index is 828. The van der Waals surface area contributed by atoms with Gasteiger partial charge in [-0.3, -0.25) is 19.4 Å². The summed E-state index contributed by atoms with van der Waals surface area (Å²) < 4.78 is 0. The zero-order valence-corrected chi connectivity index (χ0v) is 16.2. The SMILES string of the molecule is CC(=O)N1C[C@@H]2C[C@@]3(C)[C@H](CCC[C@@H]13)N2C(=O)CNC(=O)c1cncc(O)c1. The topological polar surface area (TPSA) is 103 Å². The zero-order valence-electron chi connectivity index (χ0n) is 16.2. The second-order valence-electron chi connectivity index (χ2n) is 8.41. The molecule has 1 aliphatic carbocycles. The quantitative estimate of drug-likeness (QED) is 0.804. The number of fused-ring (bicyclic) bond motifs is 1. The highest BCUT2D eigenvalue weighted by atomic mass is 16.3. The third-order valence-corrected chi connectivity index (χ3v) is 6.74. The third kappa shape index (κ3) is 2.91. The number of nitrogens with zero attached hydrogens (tertiary/aromatic N) is 3. The predicted molar refractivity (Wildman–Crippen MR) is 100 cm³/mol. The van der Waals surface area contributed by atoms with Gasteiger partial charge in [-0.15, -0.1) is 0 Å². The Kier molecular flexibility index (Phi) is 4.51. The van der Waals surface area contributed by atoms with Crippen molar-refractivity contribution in [2.24, 2.45) is 5.41 Å². The molecule has 8 nitrogen and oxygen atoms in total. The Labute approximate surface area is 163 Å². The van der Waals surface area contributed by atoms with Gasteiger partial charge in [0.25, 0.3) is 5.91 Å². The fourth-order valence-corrected chi connectivity index (χ4v) is 5.62. The molecule has 3 heterocycles. The number of aromatic nitrogens is 1. The molecule has 28 heavy (non-hydrogen) atoms. The number of likely N-dealkylation sites (tertiary alicyclic amines) is 2. The van der Waals surface area contributed by atoms with E-state index in [1.54, 1.807) is 6.92 Å². The molecular formula is C20H26N4O4. The summed E-state index contributed by atoms with van der Waals surface area (Å²) in [5.41, 5.74) is 0.127. The standard InChI is InChI=1S/C20H26N4O4/c1-12(25)23-11-14-7-20(2)16(23)4-3-5-17(20)24(14)18(27)10-22-19(28)13-6-15(26)9-21-8-13/h6,8-9,14,16-17,26H,3-5,7,10-11H2,1-2H3,(H,22,28)/t14-,16+,17-,20+/m0/s1. The number of piperidine rings is 1. The maximum Gasteiger partial charge on any atom is 0.253 e. The maximum absolute atomic E-state index is 13.1. The second kappa shape index (κ2) is 6.76. The third-order valence-electron chi connectivity index (χ3n) is 6.74. The Balaban J connectivity index is 1.49. The van der Waals surface area contributed by atoms with Crippen LogP contribution in [0.3, 0.4) is 0 Å². The molecule has 4 rings (SSSR count). The first kappa shape index (κ1) is 18.7. The monoisotopic (exact) mass is 386 g/mol. The van der Waals surface area contributed by atoms with E-state index in [0.717, 1.165) is 25.7 Å². The summed E-state index contributed by atoms with van der Waals surface area (Å²) in [6.07, 6.45) is 6.41. The Hall–Kier alpha value is -2.64. The van der Waals surface area contributed by atoms with E-state index in [1.807, 2.05) is 9.80 Å². The first-order valence-electron chi connectivity index (χ1n) is 9.82. The highest BCUT2D eigenvalue weighted by Crippen LogP contribution is 2.54. The van der Waals surface area contributed by atoms with Crippen LogP contribution in [0.4, 0.5) is 0 Å². The number of pyridine rings is 1. The fourth-order valence-electron chi connectivity index (χ4n) is 5.62. The van der Waals surface area contributed by atoms with Crippen LogP contribution < -0.4 is 5.32 Å². The summed E-state index contributed by atoms with van der Waals surface area (Å²) in [5.74, 6) is -0.596. The van der Waals surface area contributed by atoms with Crippen molar-refractivity contribution in [2.45, 2.75) is 57.7 Å². The van der Waals surface area contributed by atoms with Crippen molar-refractivity contribution < 1.29 is 19.5 Å². The molecule has 1 aromatic heterocycles. The molecule has 8 heteroatoms. The summed E-state index contributed by atoms with van der Waals surface area (Å²) >= 11 is 0. The van der Waals surface area contributed by atoms with Crippen molar-refractivity contribution in [3.05, 3.63) is 24.0 Å². The van der Waals surface area contributed by atoms with Crippen molar-refractivity contribution in [2.75, 3.05) is 13.1 Å². The molecule has 3 amide bonds. The van der Waals surface area contributed by atoms with Gasteiger partial charge in [-0.25, -0.2) is 0 Å². The smallest absolute Gasteiger partial charge is 0.253 e. The highest BCUT2D eigenvalue weighted by Gasteiger charge is 2.61. The molecule has 0 unspecified atom stereocenters. The minimum Gasteiger partial charge on any atom is -0.506 e. The van der Waals surface area contributed by atoms with Gasteiger partial charge in [0.05, 0.1) is 24.3 Å². The van der Waals surface area contributed by atoms with Gasteiger partial charge in [0, 0.05) is 37.2 Å². The number of hydrogen-bond donors (Lipinski definition) is 2. The number of amides is 3. The van der Waals surface area contributed by atoms with Crippen LogP contribution in [0.1, 0.15) is 49.9 Å². The Morgan fingerprint density at radius 1 is 1.29 bits per heavy atom. The molecule has 2 aliphatic heterocycles. The van der Waals surface area contributed by atoms with Crippen molar-refractivity contribution in [1.29, 1.82) is 0 Å². The minimum atomic E-state index is -0.447. The van der Waals surface area contributed by atoms with Crippen LogP contribution in [0.5, 0.6) is 5.75 Å². The van der Waals surface area contributed by atoms with Gasteiger partial charge >= 0.3 is 0 Å². The average molecular weight is 386 g/mol. The van der Waals surface area contributed by atoms with Gasteiger partial charge in [-0.05, 0) is 31.7 Å². The molecule has 150 valence electrons. The molecule has 3 aliphatic rings. The largest absolute Gasteiger partial charge is 0.506 e. The lowest BCUT2D eigenvalue weighted by Crippen LogP contribution is -2.57. The van der Waals surface area contributed by atoms with Gasteiger partial charge in [0.1, 0.15) is 5.75 Å². The number of carbonyl (C=O) groups is 3. The van der Waals surface area contributed by atoms with Crippen LogP contribution in [0.15, 0.2) is 18.5 Å². The fraction of sp³-hybridized carbons (Fsp3) is 0.600. The molecule has 0 radical (unpaired) electrons. The van der Waals surface area contributed by atoms with Gasteiger partial charge in [0.2, 0.25) is 11.8 Å². The number of aromatic hydroxyl groups is 1. The number of hydrogen-bond acceptors (Lipinski definition) is 5. The molecule has 2 N–H and O–H groups in total. The Morgan fingerprint density at radius 2 is 2.04 bits per heavy atom. The summed E-state index contributed by atoms with van der Waals surface area (Å²) in [5, 5.41) is 12.1. The van der Waals surface area contributed by atoms with Crippen molar-refractivity contribution in [1.82, 2.24) is 20.1 Å². The van der Waals surface area contributed by atoms with Crippen molar-refractivity contribution >= 4 is 17.7 Å². The average Bonchev–Trinajstić information content (AvgIpc) is 2.95. The van der Waals surface area contributed by atoms with Crippen molar-refractivity contribution in [3.8, 4) is 5.75 Å². The predicted octanol–water partition coefficient (Wildman–Crippen LogP) is 0.907. The lowest BCUT2D eigenvalue weighted by molar-refractivity contribution is -0.137. The van der Waals surface area contributed by atoms with Crippen molar-refractivity contribution in [3.63, 3.8) is 0 Å². The van der Waals surface area contributed by atoms with Gasteiger partial charge in [-0.1, -0.05) is 6.92 Å². The Morgan fingerprint density at radius 3 is 2.75 bits per heavy atom. The van der Waals surface area contributed by atoms with E-state index in [-0.39, 0.29) is 53.2 Å². The zero-order chi connectivity index (χ0) is 20.1.